The van der Waals surface area contributed by atoms with Gasteiger partial charge in [0.1, 0.15) is 5.82 Å². The zero-order valence-electron chi connectivity index (χ0n) is 6.80. The van der Waals surface area contributed by atoms with E-state index >= 15 is 0 Å². The van der Waals surface area contributed by atoms with Crippen LogP contribution < -0.4 is 5.32 Å². The number of aryl methyl sites for hydroxylation is 1. The third-order valence-electron chi connectivity index (χ3n) is 1.58. The van der Waals surface area contributed by atoms with E-state index in [-0.39, 0.29) is 5.82 Å². The summed E-state index contributed by atoms with van der Waals surface area (Å²) in [4.78, 5) is 0. The molecule has 0 radical (unpaired) electrons. The predicted molar refractivity (Wildman–Crippen MR) is 51.6 cm³/mol. The number of benzene rings is 1. The molecule has 0 saturated carbocycles. The molecule has 0 amide bonds. The normalized spacial score (nSPS) is 9.50. The molecule has 0 saturated heterocycles. The minimum Gasteiger partial charge on any atom is -0.378 e. The number of halogens is 1. The molecule has 0 heterocycles. The molecule has 0 aliphatic carbocycles. The highest BCUT2D eigenvalue weighted by Crippen LogP contribution is 2.08. The maximum Gasteiger partial charge on any atom is 0.128 e. The van der Waals surface area contributed by atoms with Gasteiger partial charge in [0.25, 0.3) is 0 Å². The molecule has 0 spiro atoms. The van der Waals surface area contributed by atoms with E-state index in [1.54, 1.807) is 12.1 Å². The monoisotopic (exact) mass is 183 g/mol. The van der Waals surface area contributed by atoms with Gasteiger partial charge in [-0.3, -0.25) is 0 Å². The topological polar surface area (TPSA) is 12.0 Å². The van der Waals surface area contributed by atoms with Crippen molar-refractivity contribution < 1.29 is 4.39 Å². The van der Waals surface area contributed by atoms with Crippen molar-refractivity contribution in [3.8, 4) is 0 Å². The zero-order valence-corrected chi connectivity index (χ0v) is 7.62. The Kier molecular flexibility index (Phi) is 3.17. The van der Waals surface area contributed by atoms with E-state index in [1.807, 2.05) is 6.92 Å². The smallest absolute Gasteiger partial charge is 0.128 e. The summed E-state index contributed by atoms with van der Waals surface area (Å²) in [7, 11) is 0. The van der Waals surface area contributed by atoms with E-state index in [2.05, 4.69) is 17.5 Å². The molecule has 1 aromatic carbocycles. The molecule has 0 aliphatic rings. The number of rotatable bonds is 3. The summed E-state index contributed by atoms with van der Waals surface area (Å²) in [6, 6.07) is 5.02. The molecule has 1 rings (SSSR count). The highest BCUT2D eigenvalue weighted by Gasteiger charge is 1.99. The van der Waals surface area contributed by atoms with Gasteiger partial charge in [-0.1, -0.05) is 29.9 Å². The van der Waals surface area contributed by atoms with Crippen molar-refractivity contribution in [1.29, 1.82) is 0 Å². The van der Waals surface area contributed by atoms with Crippen LogP contribution in [-0.2, 0) is 6.54 Å². The molecule has 0 aliphatic heterocycles. The maximum absolute atomic E-state index is 13.0. The summed E-state index contributed by atoms with van der Waals surface area (Å²) in [5.41, 5.74) is 3.09. The largest absolute Gasteiger partial charge is 0.378 e. The van der Waals surface area contributed by atoms with Crippen LogP contribution in [0.3, 0.4) is 0 Å². The van der Waals surface area contributed by atoms with Crippen LogP contribution >= 0.6 is 12.2 Å². The van der Waals surface area contributed by atoms with Crippen LogP contribution in [0.25, 0.3) is 0 Å². The molecule has 1 aromatic rings. The Balaban J connectivity index is 2.82. The molecule has 3 heteroatoms. The summed E-state index contributed by atoms with van der Waals surface area (Å²) >= 11 is 4.57. The van der Waals surface area contributed by atoms with Crippen LogP contribution in [0.2, 0.25) is 0 Å². The molecule has 1 N–H and O–H groups in total. The lowest BCUT2D eigenvalue weighted by atomic mass is 10.1. The summed E-state index contributed by atoms with van der Waals surface area (Å²) in [6.07, 6.45) is 0. The minimum atomic E-state index is -0.190. The number of hydrogen-bond donors (Lipinski definition) is 1. The first-order chi connectivity index (χ1) is 5.74. The van der Waals surface area contributed by atoms with Crippen molar-refractivity contribution in [1.82, 2.24) is 5.32 Å². The summed E-state index contributed by atoms with van der Waals surface area (Å²) in [5, 5.41) is 2.78. The fourth-order valence-electron chi connectivity index (χ4n) is 0.991. The van der Waals surface area contributed by atoms with Gasteiger partial charge < -0.3 is 5.32 Å². The first-order valence-electron chi connectivity index (χ1n) is 3.66. The van der Waals surface area contributed by atoms with Crippen molar-refractivity contribution >= 4 is 17.7 Å². The van der Waals surface area contributed by atoms with E-state index in [9.17, 15) is 4.39 Å². The van der Waals surface area contributed by atoms with Gasteiger partial charge >= 0.3 is 0 Å². The van der Waals surface area contributed by atoms with Crippen molar-refractivity contribution in [3.05, 3.63) is 35.1 Å². The molecule has 0 bridgehead atoms. The van der Waals surface area contributed by atoms with Gasteiger partial charge in [0.15, 0.2) is 0 Å². The summed E-state index contributed by atoms with van der Waals surface area (Å²) in [5.74, 6) is -0.190. The summed E-state index contributed by atoms with van der Waals surface area (Å²) < 4.78 is 13.0. The van der Waals surface area contributed by atoms with Gasteiger partial charge in [-0.15, -0.1) is 0 Å². The Morgan fingerprint density at radius 1 is 1.58 bits per heavy atom. The van der Waals surface area contributed by atoms with Crippen LogP contribution in [0.5, 0.6) is 0 Å². The van der Waals surface area contributed by atoms with Crippen LogP contribution in [0.4, 0.5) is 4.39 Å². The average Bonchev–Trinajstić information content (AvgIpc) is 2.07. The van der Waals surface area contributed by atoms with Gasteiger partial charge in [0.05, 0.1) is 5.49 Å². The lowest BCUT2D eigenvalue weighted by Gasteiger charge is -2.03. The van der Waals surface area contributed by atoms with Crippen LogP contribution in [-0.4, -0.2) is 5.49 Å². The first-order valence-corrected chi connectivity index (χ1v) is 4.13. The SMILES string of the molecule is Cc1ccc(F)c(CNC=S)c1. The minimum absolute atomic E-state index is 0.190. The van der Waals surface area contributed by atoms with Gasteiger partial charge in [-0.05, 0) is 13.0 Å². The highest BCUT2D eigenvalue weighted by molar-refractivity contribution is 7.78. The second kappa shape index (κ2) is 4.16. The van der Waals surface area contributed by atoms with Crippen molar-refractivity contribution in [2.24, 2.45) is 0 Å². The standard InChI is InChI=1S/C9H10FNS/c1-7-2-3-9(10)8(4-7)5-11-6-12/h2-4,6H,5H2,1H3,(H,11,12). The van der Waals surface area contributed by atoms with Crippen LogP contribution in [0.1, 0.15) is 11.1 Å². The quantitative estimate of drug-likeness (QED) is 0.721. The summed E-state index contributed by atoms with van der Waals surface area (Å²) in [6.45, 7) is 2.39. The molecule has 0 aromatic heterocycles. The molecule has 0 atom stereocenters. The van der Waals surface area contributed by atoms with E-state index in [0.717, 1.165) is 5.56 Å². The number of hydrogen-bond acceptors (Lipinski definition) is 1. The third-order valence-corrected chi connectivity index (χ3v) is 1.74. The Morgan fingerprint density at radius 2 is 2.33 bits per heavy atom. The third kappa shape index (κ3) is 2.27. The molecule has 0 fully saturated rings. The number of nitrogens with one attached hydrogen (secondary N) is 1. The van der Waals surface area contributed by atoms with E-state index in [1.165, 1.54) is 11.6 Å². The second-order valence-electron chi connectivity index (χ2n) is 2.59. The average molecular weight is 183 g/mol. The molecular formula is C9H10FNS. The highest BCUT2D eigenvalue weighted by atomic mass is 32.1. The first kappa shape index (κ1) is 9.13. The zero-order chi connectivity index (χ0) is 8.97. The molecule has 0 unspecified atom stereocenters. The van der Waals surface area contributed by atoms with E-state index < -0.39 is 0 Å². The van der Waals surface area contributed by atoms with Crippen LogP contribution in [0.15, 0.2) is 18.2 Å². The molecule has 12 heavy (non-hydrogen) atoms. The Hall–Kier alpha value is -0.960. The lowest BCUT2D eigenvalue weighted by Crippen LogP contribution is -2.10. The molecule has 1 nitrogen and oxygen atoms in total. The van der Waals surface area contributed by atoms with Gasteiger partial charge in [0.2, 0.25) is 0 Å². The van der Waals surface area contributed by atoms with Crippen molar-refractivity contribution in [2.45, 2.75) is 13.5 Å². The van der Waals surface area contributed by atoms with Gasteiger partial charge in [0, 0.05) is 12.1 Å². The lowest BCUT2D eigenvalue weighted by molar-refractivity contribution is 0.606. The number of thiocarbonyl (C=S) groups is 1. The van der Waals surface area contributed by atoms with Crippen LogP contribution in [0, 0.1) is 12.7 Å². The molecule has 64 valence electrons. The maximum atomic E-state index is 13.0. The Morgan fingerprint density at radius 3 is 3.00 bits per heavy atom. The van der Waals surface area contributed by atoms with E-state index in [0.29, 0.717) is 12.1 Å². The molecular weight excluding hydrogens is 173 g/mol. The second-order valence-corrected chi connectivity index (χ2v) is 2.83. The fraction of sp³-hybridized carbons (Fsp3) is 0.222. The van der Waals surface area contributed by atoms with E-state index in [4.69, 9.17) is 0 Å². The Labute approximate surface area is 76.6 Å². The van der Waals surface area contributed by atoms with Gasteiger partial charge in [-0.2, -0.15) is 0 Å². The van der Waals surface area contributed by atoms with Gasteiger partial charge in [-0.25, -0.2) is 4.39 Å². The Bertz CT molecular complexity index is 286. The fourth-order valence-corrected chi connectivity index (χ4v) is 1.07. The van der Waals surface area contributed by atoms with Crippen molar-refractivity contribution in [3.63, 3.8) is 0 Å². The van der Waals surface area contributed by atoms with Crippen molar-refractivity contribution in [2.75, 3.05) is 0 Å². The predicted octanol–water partition coefficient (Wildman–Crippen LogP) is 2.18.